The lowest BCUT2D eigenvalue weighted by molar-refractivity contribution is 0.248. The van der Waals surface area contributed by atoms with E-state index in [1.54, 1.807) is 35.4 Å². The summed E-state index contributed by atoms with van der Waals surface area (Å²) in [5.74, 6) is 1.75. The van der Waals surface area contributed by atoms with Gasteiger partial charge in [-0.25, -0.2) is 8.78 Å². The molecule has 0 saturated heterocycles. The van der Waals surface area contributed by atoms with Crippen molar-refractivity contribution >= 4 is 0 Å². The second-order valence-corrected chi connectivity index (χ2v) is 21.1. The van der Waals surface area contributed by atoms with Crippen LogP contribution in [0.2, 0.25) is 0 Å². The summed E-state index contributed by atoms with van der Waals surface area (Å²) in [6.07, 6.45) is 32.3. The number of rotatable bonds is 22. The average molecular weight is 887 g/mol. The lowest BCUT2D eigenvalue weighted by Crippen LogP contribution is -2.18. The molecular formula is C58H82F4O2. The van der Waals surface area contributed by atoms with Crippen LogP contribution in [-0.4, -0.2) is 13.2 Å². The monoisotopic (exact) mass is 887 g/mol. The molecule has 6 heteroatoms. The molecule has 354 valence electrons. The molecule has 4 saturated carbocycles. The van der Waals surface area contributed by atoms with Gasteiger partial charge in [-0.15, -0.1) is 0 Å². The summed E-state index contributed by atoms with van der Waals surface area (Å²) in [6.45, 7) is 5.19. The first kappa shape index (κ1) is 48.9. The Hall–Kier alpha value is -3.02. The summed E-state index contributed by atoms with van der Waals surface area (Å²) >= 11 is 0. The van der Waals surface area contributed by atoms with Gasteiger partial charge in [0.05, 0.1) is 13.2 Å². The van der Waals surface area contributed by atoms with Crippen LogP contribution in [0, 0.1) is 46.9 Å². The Bertz CT molecular complexity index is 1700. The highest BCUT2D eigenvalue weighted by Crippen LogP contribution is 2.46. The molecule has 7 rings (SSSR count). The van der Waals surface area contributed by atoms with E-state index in [0.717, 1.165) is 115 Å². The minimum absolute atomic E-state index is 0.0597. The van der Waals surface area contributed by atoms with Gasteiger partial charge in [0.2, 0.25) is 11.6 Å². The maximum Gasteiger partial charge on any atom is 0.200 e. The fourth-order valence-electron chi connectivity index (χ4n) is 12.5. The van der Waals surface area contributed by atoms with Gasteiger partial charge >= 0.3 is 0 Å². The van der Waals surface area contributed by atoms with Gasteiger partial charge < -0.3 is 9.47 Å². The van der Waals surface area contributed by atoms with E-state index in [-0.39, 0.29) is 23.3 Å². The molecule has 2 nitrogen and oxygen atoms in total. The van der Waals surface area contributed by atoms with Crippen LogP contribution < -0.4 is 9.47 Å². The standard InChI is InChI=1S/C58H82F4O2/c1-3-5-7-9-38-63-53-36-34-51(55(59)57(53)61)47-30-22-43(23-31-47)16-14-41-18-26-45(27-19-41)49-12-11-13-50(40-49)46-28-20-42(21-29-46)15-17-44-24-32-48(33-25-44)52-35-37-54(58(62)56(52)60)64-39-10-8-6-4-2/h11-13,34-37,40-48H,3-10,14-33,38-39H2,1-2H3. The molecule has 64 heavy (non-hydrogen) atoms. The SMILES string of the molecule is CCCCCCOc1ccc(C2CCC(CCC3CCC(c4cccc(C5CCC(CCC6CCC(c7ccc(OCCCCCC)c(F)c7F)CC6)CC5)c4)CC3)CC2)c(F)c1F. The Labute approximate surface area is 385 Å². The normalized spacial score (nSPS) is 26.5. The highest BCUT2D eigenvalue weighted by atomic mass is 19.2. The van der Waals surface area contributed by atoms with Crippen LogP contribution >= 0.6 is 0 Å². The second-order valence-electron chi connectivity index (χ2n) is 21.1. The molecule has 0 spiro atoms. The fourth-order valence-corrected chi connectivity index (χ4v) is 12.5. The van der Waals surface area contributed by atoms with Gasteiger partial charge in [-0.3, -0.25) is 0 Å². The third kappa shape index (κ3) is 13.5. The van der Waals surface area contributed by atoms with Gasteiger partial charge in [-0.1, -0.05) is 114 Å². The molecule has 4 aliphatic rings. The Kier molecular flexibility index (Phi) is 19.3. The van der Waals surface area contributed by atoms with E-state index in [1.165, 1.54) is 77.0 Å². The summed E-state index contributed by atoms with van der Waals surface area (Å²) in [6, 6.07) is 16.5. The van der Waals surface area contributed by atoms with Crippen LogP contribution in [0.5, 0.6) is 11.5 Å². The molecule has 3 aromatic carbocycles. The molecule has 0 heterocycles. The number of hydrogen-bond acceptors (Lipinski definition) is 2. The maximum atomic E-state index is 15.2. The lowest BCUT2D eigenvalue weighted by atomic mass is 9.72. The predicted molar refractivity (Wildman–Crippen MR) is 256 cm³/mol. The van der Waals surface area contributed by atoms with Crippen molar-refractivity contribution in [2.45, 2.75) is 217 Å². The summed E-state index contributed by atoms with van der Waals surface area (Å²) in [5.41, 5.74) is 4.21. The predicted octanol–water partition coefficient (Wildman–Crippen LogP) is 18.2. The smallest absolute Gasteiger partial charge is 0.200 e. The van der Waals surface area contributed by atoms with Crippen LogP contribution in [-0.2, 0) is 0 Å². The lowest BCUT2D eigenvalue weighted by Gasteiger charge is -2.33. The molecule has 0 bridgehead atoms. The summed E-state index contributed by atoms with van der Waals surface area (Å²) < 4.78 is 71.3. The first-order valence-electron chi connectivity index (χ1n) is 26.6. The quantitative estimate of drug-likeness (QED) is 0.0739. The van der Waals surface area contributed by atoms with Gasteiger partial charge in [0.1, 0.15) is 0 Å². The zero-order valence-corrected chi connectivity index (χ0v) is 39.8. The van der Waals surface area contributed by atoms with Crippen molar-refractivity contribution in [2.24, 2.45) is 23.7 Å². The number of unbranched alkanes of at least 4 members (excludes halogenated alkanes) is 6. The Morgan fingerprint density at radius 1 is 0.391 bits per heavy atom. The van der Waals surface area contributed by atoms with Crippen molar-refractivity contribution < 1.29 is 27.0 Å². The van der Waals surface area contributed by atoms with E-state index in [4.69, 9.17) is 9.47 Å². The minimum atomic E-state index is -0.808. The summed E-state index contributed by atoms with van der Waals surface area (Å²) in [7, 11) is 0. The van der Waals surface area contributed by atoms with Gasteiger partial charge in [-0.05, 0) is 197 Å². The average Bonchev–Trinajstić information content (AvgIpc) is 3.33. The van der Waals surface area contributed by atoms with Gasteiger partial charge in [0, 0.05) is 0 Å². The van der Waals surface area contributed by atoms with Crippen molar-refractivity contribution in [2.75, 3.05) is 13.2 Å². The van der Waals surface area contributed by atoms with Crippen molar-refractivity contribution in [1.29, 1.82) is 0 Å². The summed E-state index contributed by atoms with van der Waals surface area (Å²) in [5, 5.41) is 0. The largest absolute Gasteiger partial charge is 0.490 e. The van der Waals surface area contributed by atoms with E-state index < -0.39 is 23.3 Å². The number of benzene rings is 3. The Morgan fingerprint density at radius 3 is 1.08 bits per heavy atom. The van der Waals surface area contributed by atoms with Crippen molar-refractivity contribution in [3.63, 3.8) is 0 Å². The topological polar surface area (TPSA) is 18.5 Å². The van der Waals surface area contributed by atoms with Crippen LogP contribution in [0.4, 0.5) is 17.6 Å². The molecule has 0 amide bonds. The number of halogens is 4. The number of ether oxygens (including phenoxy) is 2. The zero-order chi connectivity index (χ0) is 44.7. The molecule has 4 fully saturated rings. The minimum Gasteiger partial charge on any atom is -0.490 e. The molecular weight excluding hydrogens is 805 g/mol. The third-order valence-electron chi connectivity index (χ3n) is 16.8. The van der Waals surface area contributed by atoms with E-state index >= 15 is 8.78 Å². The van der Waals surface area contributed by atoms with E-state index in [2.05, 4.69) is 38.1 Å². The molecule has 0 radical (unpaired) electrons. The van der Waals surface area contributed by atoms with Crippen molar-refractivity contribution in [1.82, 2.24) is 0 Å². The van der Waals surface area contributed by atoms with Crippen molar-refractivity contribution in [3.8, 4) is 11.5 Å². The molecule has 0 atom stereocenters. The molecule has 4 aliphatic carbocycles. The molecule has 0 aliphatic heterocycles. The Balaban J connectivity index is 0.764. The molecule has 0 unspecified atom stereocenters. The van der Waals surface area contributed by atoms with Crippen LogP contribution in [0.15, 0.2) is 48.5 Å². The van der Waals surface area contributed by atoms with E-state index in [9.17, 15) is 8.78 Å². The highest BCUT2D eigenvalue weighted by molar-refractivity contribution is 5.35. The molecule has 0 aromatic heterocycles. The van der Waals surface area contributed by atoms with Gasteiger partial charge in [0.15, 0.2) is 23.1 Å². The summed E-state index contributed by atoms with van der Waals surface area (Å²) in [4.78, 5) is 0. The first-order chi connectivity index (χ1) is 31.3. The third-order valence-corrected chi connectivity index (χ3v) is 16.8. The second kappa shape index (κ2) is 25.2. The first-order valence-corrected chi connectivity index (χ1v) is 26.6. The molecule has 3 aromatic rings. The highest BCUT2D eigenvalue weighted by Gasteiger charge is 2.31. The van der Waals surface area contributed by atoms with Crippen LogP contribution in [0.1, 0.15) is 240 Å². The Morgan fingerprint density at radius 2 is 0.734 bits per heavy atom. The van der Waals surface area contributed by atoms with Crippen LogP contribution in [0.25, 0.3) is 0 Å². The van der Waals surface area contributed by atoms with Gasteiger partial charge in [-0.2, -0.15) is 8.78 Å². The number of hydrogen-bond donors (Lipinski definition) is 0. The molecule has 0 N–H and O–H groups in total. The van der Waals surface area contributed by atoms with Crippen LogP contribution in [0.3, 0.4) is 0 Å². The van der Waals surface area contributed by atoms with Crippen molar-refractivity contribution in [3.05, 3.63) is 94.1 Å². The zero-order valence-electron chi connectivity index (χ0n) is 39.8. The maximum absolute atomic E-state index is 15.2. The van der Waals surface area contributed by atoms with E-state index in [1.807, 2.05) is 0 Å². The van der Waals surface area contributed by atoms with E-state index in [0.29, 0.717) is 48.0 Å². The fraction of sp³-hybridized carbons (Fsp3) is 0.690. The van der Waals surface area contributed by atoms with Gasteiger partial charge in [0.25, 0.3) is 0 Å².